The van der Waals surface area contributed by atoms with Crippen LogP contribution >= 0.6 is 15.9 Å². The minimum atomic E-state index is 0.692. The molecule has 21 heavy (non-hydrogen) atoms. The second kappa shape index (κ2) is 4.36. The van der Waals surface area contributed by atoms with Crippen molar-refractivity contribution in [3.05, 3.63) is 58.1 Å². The van der Waals surface area contributed by atoms with Gasteiger partial charge in [0.05, 0.1) is 11.4 Å². The monoisotopic (exact) mass is 340 g/mol. The van der Waals surface area contributed by atoms with Crippen LogP contribution < -0.4 is 11.5 Å². The van der Waals surface area contributed by atoms with Crippen LogP contribution in [0.5, 0.6) is 0 Å². The molecule has 0 atom stereocenters. The zero-order valence-corrected chi connectivity index (χ0v) is 12.8. The number of hydrogen-bond donors (Lipinski definition) is 2. The number of hydrogen-bond acceptors (Lipinski definition) is 3. The summed E-state index contributed by atoms with van der Waals surface area (Å²) in [6.45, 7) is 0. The van der Waals surface area contributed by atoms with Crippen molar-refractivity contribution in [2.24, 2.45) is 0 Å². The first-order valence-corrected chi connectivity index (χ1v) is 7.45. The van der Waals surface area contributed by atoms with Crippen LogP contribution in [0.25, 0.3) is 16.9 Å². The van der Waals surface area contributed by atoms with Crippen molar-refractivity contribution in [3.8, 4) is 16.9 Å². The van der Waals surface area contributed by atoms with Crippen molar-refractivity contribution in [2.45, 2.75) is 6.42 Å². The lowest BCUT2D eigenvalue weighted by atomic mass is 10.1. The molecule has 0 bridgehead atoms. The van der Waals surface area contributed by atoms with Crippen LogP contribution in [0.15, 0.2) is 46.9 Å². The lowest BCUT2D eigenvalue weighted by Gasteiger charge is -2.07. The molecule has 4 rings (SSSR count). The third-order valence-electron chi connectivity index (χ3n) is 3.83. The number of nitrogen functional groups attached to an aromatic ring is 2. The lowest BCUT2D eigenvalue weighted by Crippen LogP contribution is -2.03. The predicted molar refractivity (Wildman–Crippen MR) is 88.3 cm³/mol. The maximum atomic E-state index is 6.31. The molecule has 5 heteroatoms. The van der Waals surface area contributed by atoms with Crippen LogP contribution in [0, 0.1) is 0 Å². The Bertz CT molecular complexity index is 867. The van der Waals surface area contributed by atoms with E-state index in [0.717, 1.165) is 39.1 Å². The van der Waals surface area contributed by atoms with Gasteiger partial charge in [0.2, 0.25) is 0 Å². The summed E-state index contributed by atoms with van der Waals surface area (Å²) < 4.78 is 2.80. The Balaban J connectivity index is 1.89. The van der Waals surface area contributed by atoms with Crippen molar-refractivity contribution < 1.29 is 0 Å². The molecule has 4 nitrogen and oxygen atoms in total. The van der Waals surface area contributed by atoms with Gasteiger partial charge in [-0.15, -0.1) is 0 Å². The third kappa shape index (κ3) is 1.85. The zero-order valence-electron chi connectivity index (χ0n) is 11.2. The molecule has 0 unspecified atom stereocenters. The van der Waals surface area contributed by atoms with Crippen molar-refractivity contribution in [3.63, 3.8) is 0 Å². The molecule has 0 aliphatic heterocycles. The fraction of sp³-hybridized carbons (Fsp3) is 0.0625. The maximum Gasteiger partial charge on any atom is 0.131 e. The third-order valence-corrected chi connectivity index (χ3v) is 4.32. The van der Waals surface area contributed by atoms with Crippen molar-refractivity contribution in [1.82, 2.24) is 9.78 Å². The Morgan fingerprint density at radius 2 is 1.95 bits per heavy atom. The predicted octanol–water partition coefficient (Wildman–Crippen LogP) is 3.37. The van der Waals surface area contributed by atoms with E-state index in [4.69, 9.17) is 16.6 Å². The van der Waals surface area contributed by atoms with Crippen LogP contribution in [-0.4, -0.2) is 9.78 Å². The largest absolute Gasteiger partial charge is 0.399 e. The average Bonchev–Trinajstić information content (AvgIpc) is 2.96. The summed E-state index contributed by atoms with van der Waals surface area (Å²) in [5.74, 6) is 0.692. The maximum absolute atomic E-state index is 6.31. The summed E-state index contributed by atoms with van der Waals surface area (Å²) in [5.41, 5.74) is 18.2. The number of rotatable bonds is 1. The molecular weight excluding hydrogens is 328 g/mol. The quantitative estimate of drug-likeness (QED) is 0.522. The summed E-state index contributed by atoms with van der Waals surface area (Å²) in [4.78, 5) is 0. The van der Waals surface area contributed by atoms with Crippen LogP contribution in [0.1, 0.15) is 11.1 Å². The van der Waals surface area contributed by atoms with Crippen molar-refractivity contribution >= 4 is 27.4 Å². The van der Waals surface area contributed by atoms with E-state index in [-0.39, 0.29) is 0 Å². The smallest absolute Gasteiger partial charge is 0.131 e. The van der Waals surface area contributed by atoms with Gasteiger partial charge in [0.1, 0.15) is 5.82 Å². The molecule has 0 radical (unpaired) electrons. The fourth-order valence-electron chi connectivity index (χ4n) is 2.84. The van der Waals surface area contributed by atoms with Crippen LogP contribution in [0.2, 0.25) is 0 Å². The number of fused-ring (bicyclic) bond motifs is 3. The average molecular weight is 341 g/mol. The summed E-state index contributed by atoms with van der Waals surface area (Å²) >= 11 is 3.48. The van der Waals surface area contributed by atoms with Gasteiger partial charge in [-0.3, -0.25) is 0 Å². The minimum Gasteiger partial charge on any atom is -0.399 e. The van der Waals surface area contributed by atoms with Crippen molar-refractivity contribution in [2.75, 3.05) is 11.5 Å². The Hall–Kier alpha value is -2.27. The van der Waals surface area contributed by atoms with Gasteiger partial charge in [0, 0.05) is 27.7 Å². The second-order valence-electron chi connectivity index (χ2n) is 5.20. The highest BCUT2D eigenvalue weighted by Gasteiger charge is 2.26. The zero-order chi connectivity index (χ0) is 14.6. The number of aromatic nitrogens is 2. The van der Waals surface area contributed by atoms with E-state index in [1.165, 1.54) is 5.56 Å². The van der Waals surface area contributed by atoms with Crippen LogP contribution in [-0.2, 0) is 6.42 Å². The topological polar surface area (TPSA) is 69.9 Å². The highest BCUT2D eigenvalue weighted by molar-refractivity contribution is 9.10. The molecule has 1 aliphatic rings. The number of halogens is 1. The number of nitrogens with two attached hydrogens (primary N) is 2. The van der Waals surface area contributed by atoms with E-state index in [9.17, 15) is 0 Å². The molecule has 104 valence electrons. The molecule has 1 heterocycles. The van der Waals surface area contributed by atoms with Gasteiger partial charge in [-0.05, 0) is 35.9 Å². The molecule has 2 aromatic carbocycles. The first-order chi connectivity index (χ1) is 10.1. The Morgan fingerprint density at radius 1 is 1.10 bits per heavy atom. The molecule has 0 fully saturated rings. The van der Waals surface area contributed by atoms with Gasteiger partial charge < -0.3 is 11.5 Å². The Kier molecular flexibility index (Phi) is 2.59. The SMILES string of the molecule is Nc1ccc2c(c1)Cc1c-2nn(-c2cccc(Br)c2)c1N. The van der Waals surface area contributed by atoms with Crippen molar-refractivity contribution in [1.29, 1.82) is 0 Å². The normalized spacial score (nSPS) is 12.2. The van der Waals surface area contributed by atoms with Gasteiger partial charge in [0.15, 0.2) is 0 Å². The van der Waals surface area contributed by atoms with E-state index in [0.29, 0.717) is 5.82 Å². The molecule has 0 amide bonds. The summed E-state index contributed by atoms with van der Waals surface area (Å²) in [7, 11) is 0. The fourth-order valence-corrected chi connectivity index (χ4v) is 3.23. The molecule has 0 saturated heterocycles. The number of anilines is 2. The first-order valence-electron chi connectivity index (χ1n) is 6.65. The molecule has 1 aromatic heterocycles. The molecular formula is C16H13BrN4. The van der Waals surface area contributed by atoms with E-state index >= 15 is 0 Å². The van der Waals surface area contributed by atoms with Gasteiger partial charge >= 0.3 is 0 Å². The van der Waals surface area contributed by atoms with Gasteiger partial charge in [-0.1, -0.05) is 28.1 Å². The van der Waals surface area contributed by atoms with Crippen LogP contribution in [0.3, 0.4) is 0 Å². The van der Waals surface area contributed by atoms with Gasteiger partial charge in [0.25, 0.3) is 0 Å². The molecule has 0 saturated carbocycles. The standard InChI is InChI=1S/C16H13BrN4/c17-10-2-1-3-12(8-10)21-16(19)14-7-9-6-11(18)4-5-13(9)15(14)20-21/h1-6,8H,7,18-19H2. The highest BCUT2D eigenvalue weighted by atomic mass is 79.9. The first kappa shape index (κ1) is 12.5. The van der Waals surface area contributed by atoms with E-state index < -0.39 is 0 Å². The summed E-state index contributed by atoms with van der Waals surface area (Å²) in [6.07, 6.45) is 0.787. The number of benzene rings is 2. The van der Waals surface area contributed by atoms with E-state index in [1.54, 1.807) is 4.68 Å². The van der Waals surface area contributed by atoms with Crippen LogP contribution in [0.4, 0.5) is 11.5 Å². The molecule has 1 aliphatic carbocycles. The molecule has 3 aromatic rings. The summed E-state index contributed by atoms with van der Waals surface area (Å²) in [5, 5.41) is 4.70. The van der Waals surface area contributed by atoms with E-state index in [1.807, 2.05) is 42.5 Å². The summed E-state index contributed by atoms with van der Waals surface area (Å²) in [6, 6.07) is 13.9. The number of nitrogens with zero attached hydrogens (tertiary/aromatic N) is 2. The highest BCUT2D eigenvalue weighted by Crippen LogP contribution is 2.40. The van der Waals surface area contributed by atoms with Gasteiger partial charge in [-0.25, -0.2) is 4.68 Å². The van der Waals surface area contributed by atoms with Gasteiger partial charge in [-0.2, -0.15) is 5.10 Å². The lowest BCUT2D eigenvalue weighted by molar-refractivity contribution is 0.892. The minimum absolute atomic E-state index is 0.692. The van der Waals surface area contributed by atoms with E-state index in [2.05, 4.69) is 15.9 Å². The Morgan fingerprint density at radius 3 is 2.76 bits per heavy atom. The second-order valence-corrected chi connectivity index (χ2v) is 6.11. The Labute approximate surface area is 130 Å². The molecule has 4 N–H and O–H groups in total. The molecule has 0 spiro atoms.